The Morgan fingerprint density at radius 1 is 1.24 bits per heavy atom. The molecule has 0 spiro atoms. The molecule has 0 saturated carbocycles. The number of rotatable bonds is 5. The highest BCUT2D eigenvalue weighted by molar-refractivity contribution is 8.00. The Kier molecular flexibility index (Phi) is 5.63. The Bertz CT molecular complexity index is 1150. The number of benzene rings is 1. The van der Waals surface area contributed by atoms with Crippen molar-refractivity contribution in [3.05, 3.63) is 41.8 Å². The van der Waals surface area contributed by atoms with Gasteiger partial charge in [0.1, 0.15) is 5.03 Å². The van der Waals surface area contributed by atoms with Gasteiger partial charge in [0.25, 0.3) is 0 Å². The number of hydrogen-bond acceptors (Lipinski definition) is 7. The highest BCUT2D eigenvalue weighted by Gasteiger charge is 2.34. The molecule has 1 aromatic carbocycles. The van der Waals surface area contributed by atoms with Crippen LogP contribution in [0, 0.1) is 0 Å². The topological polar surface area (TPSA) is 80.2 Å². The number of thioether (sulfide) groups is 1. The third-order valence-corrected chi connectivity index (χ3v) is 8.76. The number of aromatic nitrogens is 2. The second-order valence-corrected chi connectivity index (χ2v) is 11.6. The number of carbonyl (C=O) groups excluding carboxylic acids is 1. The fraction of sp³-hybridized carbons (Fsp3) is 0.350. The van der Waals surface area contributed by atoms with Gasteiger partial charge >= 0.3 is 0 Å². The van der Waals surface area contributed by atoms with Gasteiger partial charge in [-0.15, -0.1) is 11.3 Å². The van der Waals surface area contributed by atoms with E-state index >= 15 is 0 Å². The van der Waals surface area contributed by atoms with Gasteiger partial charge in [-0.3, -0.25) is 4.79 Å². The number of thiophene rings is 1. The fourth-order valence-corrected chi connectivity index (χ4v) is 6.89. The summed E-state index contributed by atoms with van der Waals surface area (Å²) < 4.78 is 23.5. The summed E-state index contributed by atoms with van der Waals surface area (Å²) in [5, 5.41) is 3.26. The van der Waals surface area contributed by atoms with Crippen LogP contribution in [0.15, 0.2) is 46.8 Å². The number of para-hydroxylation sites is 1. The lowest BCUT2D eigenvalue weighted by Gasteiger charge is -2.26. The molecule has 2 aromatic heterocycles. The van der Waals surface area contributed by atoms with Crippen LogP contribution in [0.4, 0.5) is 0 Å². The average Bonchev–Trinajstić information content (AvgIpc) is 3.36. The summed E-state index contributed by atoms with van der Waals surface area (Å²) in [5.74, 6) is 0.761. The molecule has 152 valence electrons. The minimum absolute atomic E-state index is 0.0472. The van der Waals surface area contributed by atoms with Crippen LogP contribution in [-0.2, 0) is 14.6 Å². The standard InChI is InChI=1S/C20H21N3O3S3/c1-13(20(24)23(2)14-9-11-29(25,26)12-14)28-19-15-6-3-4-7-16(15)21-18(22-19)17-8-5-10-27-17/h3-8,10,13-14H,9,11-12H2,1-2H3. The molecule has 0 aliphatic carbocycles. The smallest absolute Gasteiger partial charge is 0.235 e. The van der Waals surface area contributed by atoms with Crippen LogP contribution in [0.2, 0.25) is 0 Å². The van der Waals surface area contributed by atoms with E-state index in [0.29, 0.717) is 12.2 Å². The summed E-state index contributed by atoms with van der Waals surface area (Å²) in [7, 11) is -1.34. The Hall–Kier alpha value is -1.97. The molecule has 0 bridgehead atoms. The van der Waals surface area contributed by atoms with Gasteiger partial charge in [0.2, 0.25) is 5.91 Å². The van der Waals surface area contributed by atoms with Crippen molar-refractivity contribution in [1.29, 1.82) is 0 Å². The fourth-order valence-electron chi connectivity index (χ4n) is 3.42. The minimum Gasteiger partial charge on any atom is -0.341 e. The zero-order valence-corrected chi connectivity index (χ0v) is 18.6. The maximum absolute atomic E-state index is 13.0. The SMILES string of the molecule is CC(Sc1nc(-c2cccs2)nc2ccccc12)C(=O)N(C)C1CCS(=O)(=O)C1. The van der Waals surface area contributed by atoms with E-state index in [1.54, 1.807) is 23.3 Å². The van der Waals surface area contributed by atoms with E-state index in [1.807, 2.05) is 48.7 Å². The third kappa shape index (κ3) is 4.31. The van der Waals surface area contributed by atoms with E-state index < -0.39 is 15.1 Å². The molecule has 1 saturated heterocycles. The third-order valence-electron chi connectivity index (χ3n) is 5.05. The first-order chi connectivity index (χ1) is 13.8. The first-order valence-corrected chi connectivity index (χ1v) is 12.9. The van der Waals surface area contributed by atoms with Crippen molar-refractivity contribution in [2.45, 2.75) is 29.7 Å². The number of nitrogens with zero attached hydrogens (tertiary/aromatic N) is 3. The van der Waals surface area contributed by atoms with Gasteiger partial charge in [-0.2, -0.15) is 0 Å². The lowest BCUT2D eigenvalue weighted by Crippen LogP contribution is -2.41. The van der Waals surface area contributed by atoms with Crippen LogP contribution < -0.4 is 0 Å². The summed E-state index contributed by atoms with van der Waals surface area (Å²) >= 11 is 2.97. The van der Waals surface area contributed by atoms with Crippen molar-refractivity contribution in [3.63, 3.8) is 0 Å². The molecule has 3 heterocycles. The molecule has 1 aliphatic heterocycles. The second kappa shape index (κ2) is 8.04. The van der Waals surface area contributed by atoms with Gasteiger partial charge < -0.3 is 4.90 Å². The molecule has 6 nitrogen and oxygen atoms in total. The summed E-state index contributed by atoms with van der Waals surface area (Å²) in [6.07, 6.45) is 0.501. The summed E-state index contributed by atoms with van der Waals surface area (Å²) in [5.41, 5.74) is 0.836. The van der Waals surface area contributed by atoms with Crippen LogP contribution >= 0.6 is 23.1 Å². The number of amides is 1. The molecule has 0 radical (unpaired) electrons. The van der Waals surface area contributed by atoms with Crippen molar-refractivity contribution in [2.24, 2.45) is 0 Å². The quantitative estimate of drug-likeness (QED) is 0.440. The van der Waals surface area contributed by atoms with Gasteiger partial charge in [-0.05, 0) is 30.9 Å². The molecule has 0 N–H and O–H groups in total. The van der Waals surface area contributed by atoms with Gasteiger partial charge in [0.05, 0.1) is 27.1 Å². The van der Waals surface area contributed by atoms with Crippen molar-refractivity contribution >= 4 is 49.7 Å². The number of hydrogen-bond donors (Lipinski definition) is 0. The highest BCUT2D eigenvalue weighted by Crippen LogP contribution is 2.33. The largest absolute Gasteiger partial charge is 0.341 e. The summed E-state index contributed by atoms with van der Waals surface area (Å²) in [4.78, 5) is 24.9. The summed E-state index contributed by atoms with van der Waals surface area (Å²) in [6.45, 7) is 1.84. The van der Waals surface area contributed by atoms with E-state index in [1.165, 1.54) is 11.8 Å². The maximum atomic E-state index is 13.0. The number of sulfone groups is 1. The molecule has 1 amide bonds. The van der Waals surface area contributed by atoms with Crippen LogP contribution in [-0.4, -0.2) is 59.0 Å². The predicted octanol–water partition coefficient (Wildman–Crippen LogP) is 3.48. The van der Waals surface area contributed by atoms with Crippen molar-refractivity contribution in [1.82, 2.24) is 14.9 Å². The second-order valence-electron chi connectivity index (χ2n) is 7.11. The molecule has 1 fully saturated rings. The molecule has 2 atom stereocenters. The van der Waals surface area contributed by atoms with Gasteiger partial charge in [0, 0.05) is 18.5 Å². The molecule has 2 unspecified atom stereocenters. The Morgan fingerprint density at radius 3 is 2.72 bits per heavy atom. The van der Waals surface area contributed by atoms with Gasteiger partial charge in [0.15, 0.2) is 15.7 Å². The van der Waals surface area contributed by atoms with E-state index in [4.69, 9.17) is 4.98 Å². The Labute approximate surface area is 178 Å². The van der Waals surface area contributed by atoms with Crippen LogP contribution in [0.25, 0.3) is 21.6 Å². The van der Waals surface area contributed by atoms with E-state index in [0.717, 1.165) is 20.8 Å². The van der Waals surface area contributed by atoms with Gasteiger partial charge in [-0.25, -0.2) is 18.4 Å². The van der Waals surface area contributed by atoms with Crippen LogP contribution in [0.3, 0.4) is 0 Å². The molecule has 29 heavy (non-hydrogen) atoms. The molecule has 9 heteroatoms. The molecular weight excluding hydrogens is 426 g/mol. The zero-order valence-electron chi connectivity index (χ0n) is 16.1. The molecule has 4 rings (SSSR count). The number of carbonyl (C=O) groups is 1. The van der Waals surface area contributed by atoms with E-state index in [-0.39, 0.29) is 23.5 Å². The van der Waals surface area contributed by atoms with E-state index in [9.17, 15) is 13.2 Å². The van der Waals surface area contributed by atoms with Gasteiger partial charge in [-0.1, -0.05) is 36.0 Å². The maximum Gasteiger partial charge on any atom is 0.235 e. The minimum atomic E-state index is -3.04. The predicted molar refractivity (Wildman–Crippen MR) is 118 cm³/mol. The Morgan fingerprint density at radius 2 is 2.03 bits per heavy atom. The monoisotopic (exact) mass is 447 g/mol. The highest BCUT2D eigenvalue weighted by atomic mass is 32.2. The van der Waals surface area contributed by atoms with E-state index in [2.05, 4.69) is 4.98 Å². The van der Waals surface area contributed by atoms with Crippen molar-refractivity contribution in [2.75, 3.05) is 18.6 Å². The average molecular weight is 448 g/mol. The lowest BCUT2D eigenvalue weighted by molar-refractivity contribution is -0.130. The molecule has 1 aliphatic rings. The molecule has 3 aromatic rings. The van der Waals surface area contributed by atoms with Crippen LogP contribution in [0.5, 0.6) is 0 Å². The zero-order chi connectivity index (χ0) is 20.6. The first-order valence-electron chi connectivity index (χ1n) is 9.28. The molecular formula is C20H21N3O3S3. The summed E-state index contributed by atoms with van der Waals surface area (Å²) in [6, 6.07) is 11.5. The number of fused-ring (bicyclic) bond motifs is 1. The van der Waals surface area contributed by atoms with Crippen LogP contribution in [0.1, 0.15) is 13.3 Å². The van der Waals surface area contributed by atoms with Crippen molar-refractivity contribution < 1.29 is 13.2 Å². The van der Waals surface area contributed by atoms with Crippen molar-refractivity contribution in [3.8, 4) is 10.7 Å². The lowest BCUT2D eigenvalue weighted by atomic mass is 10.2. The first kappa shape index (κ1) is 20.3. The normalized spacial score (nSPS) is 19.3. The Balaban J connectivity index is 1.60.